The van der Waals surface area contributed by atoms with Gasteiger partial charge in [-0.05, 0) is 31.4 Å². The van der Waals surface area contributed by atoms with E-state index in [9.17, 15) is 12.8 Å². The van der Waals surface area contributed by atoms with Crippen LogP contribution >= 0.6 is 0 Å². The average Bonchev–Trinajstić information content (AvgIpc) is 2.68. The van der Waals surface area contributed by atoms with Crippen molar-refractivity contribution in [3.05, 3.63) is 29.6 Å². The molecular weight excluding hydrogens is 267 g/mol. The minimum absolute atomic E-state index is 0.00375. The lowest BCUT2D eigenvalue weighted by molar-refractivity contribution is 0.404. The van der Waals surface area contributed by atoms with Crippen LogP contribution in [0.2, 0.25) is 0 Å². The summed E-state index contributed by atoms with van der Waals surface area (Å²) in [7, 11) is -3.67. The Morgan fingerprint density at radius 3 is 2.63 bits per heavy atom. The Morgan fingerprint density at radius 1 is 1.42 bits per heavy atom. The van der Waals surface area contributed by atoms with Crippen LogP contribution in [0.25, 0.3) is 0 Å². The molecule has 1 fully saturated rings. The van der Waals surface area contributed by atoms with Crippen molar-refractivity contribution < 1.29 is 12.8 Å². The molecule has 19 heavy (non-hydrogen) atoms. The third kappa shape index (κ3) is 2.52. The molecule has 1 aromatic carbocycles. The van der Waals surface area contributed by atoms with E-state index >= 15 is 0 Å². The Labute approximate surface area is 113 Å². The van der Waals surface area contributed by atoms with Gasteiger partial charge in [0, 0.05) is 24.7 Å². The van der Waals surface area contributed by atoms with Gasteiger partial charge in [0.05, 0.1) is 4.90 Å². The molecule has 0 amide bonds. The minimum Gasteiger partial charge on any atom is -0.326 e. The minimum atomic E-state index is -3.67. The van der Waals surface area contributed by atoms with Crippen molar-refractivity contribution in [3.63, 3.8) is 0 Å². The summed E-state index contributed by atoms with van der Waals surface area (Å²) >= 11 is 0. The molecular formula is C13H19FN2O2S. The number of hydrogen-bond acceptors (Lipinski definition) is 3. The molecule has 1 saturated heterocycles. The van der Waals surface area contributed by atoms with Gasteiger partial charge in [-0.3, -0.25) is 0 Å². The molecule has 0 aromatic heterocycles. The lowest BCUT2D eigenvalue weighted by Gasteiger charge is -2.22. The maximum Gasteiger partial charge on any atom is 0.243 e. The van der Waals surface area contributed by atoms with Crippen molar-refractivity contribution in [2.75, 3.05) is 6.54 Å². The molecule has 0 radical (unpaired) electrons. The van der Waals surface area contributed by atoms with Crippen molar-refractivity contribution in [2.45, 2.75) is 37.8 Å². The highest BCUT2D eigenvalue weighted by Gasteiger charge is 2.37. The molecule has 1 heterocycles. The Bertz CT molecular complexity index is 574. The van der Waals surface area contributed by atoms with Crippen LogP contribution in [0.15, 0.2) is 23.1 Å². The van der Waals surface area contributed by atoms with Crippen LogP contribution in [0.1, 0.15) is 25.8 Å². The summed E-state index contributed by atoms with van der Waals surface area (Å²) in [6.45, 7) is 4.24. The van der Waals surface area contributed by atoms with E-state index in [1.807, 2.05) is 13.8 Å². The van der Waals surface area contributed by atoms with Crippen molar-refractivity contribution in [1.29, 1.82) is 0 Å². The largest absolute Gasteiger partial charge is 0.326 e. The molecule has 4 nitrogen and oxygen atoms in total. The summed E-state index contributed by atoms with van der Waals surface area (Å²) < 4.78 is 40.4. The van der Waals surface area contributed by atoms with Crippen LogP contribution < -0.4 is 5.73 Å². The lowest BCUT2D eigenvalue weighted by atomic mass is 10.1. The third-order valence-electron chi connectivity index (χ3n) is 3.59. The molecule has 2 rings (SSSR count). The first-order chi connectivity index (χ1) is 8.87. The standard InChI is InChI=1S/C13H19FN2O2S/c1-9-6-10(2)16(8-9)19(17,18)13-5-3-4-12(14)11(13)7-15/h3-5,9-10H,6-8,15H2,1-2H3. The van der Waals surface area contributed by atoms with E-state index in [0.717, 1.165) is 6.42 Å². The van der Waals surface area contributed by atoms with Crippen LogP contribution in [-0.4, -0.2) is 25.3 Å². The van der Waals surface area contributed by atoms with Crippen molar-refractivity contribution in [1.82, 2.24) is 4.31 Å². The molecule has 0 bridgehead atoms. The van der Waals surface area contributed by atoms with Crippen LogP contribution in [0.3, 0.4) is 0 Å². The smallest absolute Gasteiger partial charge is 0.243 e. The van der Waals surface area contributed by atoms with Crippen LogP contribution in [-0.2, 0) is 16.6 Å². The number of nitrogens with two attached hydrogens (primary N) is 1. The van der Waals surface area contributed by atoms with Gasteiger partial charge in [-0.25, -0.2) is 12.8 Å². The monoisotopic (exact) mass is 286 g/mol. The van der Waals surface area contributed by atoms with E-state index in [2.05, 4.69) is 0 Å². The quantitative estimate of drug-likeness (QED) is 0.920. The van der Waals surface area contributed by atoms with Crippen molar-refractivity contribution in [2.24, 2.45) is 11.7 Å². The molecule has 0 spiro atoms. The highest BCUT2D eigenvalue weighted by Crippen LogP contribution is 2.31. The van der Waals surface area contributed by atoms with Gasteiger partial charge in [0.1, 0.15) is 5.82 Å². The number of benzene rings is 1. The van der Waals surface area contributed by atoms with Gasteiger partial charge in [-0.2, -0.15) is 4.31 Å². The fourth-order valence-corrected chi connectivity index (χ4v) is 4.71. The molecule has 1 aromatic rings. The molecule has 106 valence electrons. The molecule has 2 N–H and O–H groups in total. The fourth-order valence-electron chi connectivity index (χ4n) is 2.70. The number of sulfonamides is 1. The Morgan fingerprint density at radius 2 is 2.11 bits per heavy atom. The fraction of sp³-hybridized carbons (Fsp3) is 0.538. The predicted molar refractivity (Wildman–Crippen MR) is 71.4 cm³/mol. The topological polar surface area (TPSA) is 63.4 Å². The zero-order valence-electron chi connectivity index (χ0n) is 11.1. The highest BCUT2D eigenvalue weighted by molar-refractivity contribution is 7.89. The Hall–Kier alpha value is -0.980. The molecule has 0 saturated carbocycles. The van der Waals surface area contributed by atoms with Gasteiger partial charge in [0.15, 0.2) is 0 Å². The highest BCUT2D eigenvalue weighted by atomic mass is 32.2. The van der Waals surface area contributed by atoms with Gasteiger partial charge in [-0.1, -0.05) is 13.0 Å². The third-order valence-corrected chi connectivity index (χ3v) is 5.66. The van der Waals surface area contributed by atoms with Crippen molar-refractivity contribution in [3.8, 4) is 0 Å². The number of hydrogen-bond donors (Lipinski definition) is 1. The number of rotatable bonds is 3. The van der Waals surface area contributed by atoms with Gasteiger partial charge in [-0.15, -0.1) is 0 Å². The summed E-state index contributed by atoms with van der Waals surface area (Å²) in [5.74, 6) is -0.247. The summed E-state index contributed by atoms with van der Waals surface area (Å²) in [6, 6.07) is 4.01. The number of nitrogens with zero attached hydrogens (tertiary/aromatic N) is 1. The summed E-state index contributed by atoms with van der Waals surface area (Å²) in [5, 5.41) is 0. The van der Waals surface area contributed by atoms with E-state index < -0.39 is 15.8 Å². The molecule has 1 aliphatic rings. The van der Waals surface area contributed by atoms with E-state index in [1.165, 1.54) is 22.5 Å². The second-order valence-corrected chi connectivity index (χ2v) is 7.04. The van der Waals surface area contributed by atoms with Gasteiger partial charge >= 0.3 is 0 Å². The second kappa shape index (κ2) is 5.19. The molecule has 2 unspecified atom stereocenters. The van der Waals surface area contributed by atoms with Crippen LogP contribution in [0, 0.1) is 11.7 Å². The zero-order chi connectivity index (χ0) is 14.2. The first kappa shape index (κ1) is 14.4. The predicted octanol–water partition coefficient (Wildman–Crippen LogP) is 1.70. The number of halogens is 1. The Kier molecular flexibility index (Phi) is 3.94. The average molecular weight is 286 g/mol. The second-order valence-electron chi connectivity index (χ2n) is 5.19. The van der Waals surface area contributed by atoms with Gasteiger partial charge < -0.3 is 5.73 Å². The summed E-state index contributed by atoms with van der Waals surface area (Å²) in [5.41, 5.74) is 5.55. The van der Waals surface area contributed by atoms with Crippen molar-refractivity contribution >= 4 is 10.0 Å². The first-order valence-electron chi connectivity index (χ1n) is 6.37. The maximum absolute atomic E-state index is 13.7. The van der Waals surface area contributed by atoms with Gasteiger partial charge in [0.25, 0.3) is 0 Å². The molecule has 0 aliphatic carbocycles. The van der Waals surface area contributed by atoms with E-state index in [0.29, 0.717) is 12.5 Å². The lowest BCUT2D eigenvalue weighted by Crippen LogP contribution is -2.34. The summed E-state index contributed by atoms with van der Waals surface area (Å²) in [6.07, 6.45) is 0.826. The maximum atomic E-state index is 13.7. The molecule has 6 heteroatoms. The SMILES string of the molecule is CC1CC(C)N(S(=O)(=O)c2cccc(F)c2CN)C1. The van der Waals surface area contributed by atoms with Crippen LogP contribution in [0.4, 0.5) is 4.39 Å². The Balaban J connectivity index is 2.49. The molecule has 1 aliphatic heterocycles. The first-order valence-corrected chi connectivity index (χ1v) is 7.81. The van der Waals surface area contributed by atoms with E-state index in [1.54, 1.807) is 0 Å². The summed E-state index contributed by atoms with van der Waals surface area (Å²) in [4.78, 5) is -0.00375. The normalized spacial score (nSPS) is 24.8. The molecule has 2 atom stereocenters. The zero-order valence-corrected chi connectivity index (χ0v) is 12.0. The van der Waals surface area contributed by atoms with E-state index in [-0.39, 0.29) is 23.0 Å². The van der Waals surface area contributed by atoms with Gasteiger partial charge in [0.2, 0.25) is 10.0 Å². The van der Waals surface area contributed by atoms with Crippen LogP contribution in [0.5, 0.6) is 0 Å². The van der Waals surface area contributed by atoms with E-state index in [4.69, 9.17) is 5.73 Å².